The molecule has 0 atom stereocenters. The van der Waals surface area contributed by atoms with Gasteiger partial charge >= 0.3 is 0 Å². The number of Topliss-reactive ketones (excluding diaryl/α,β-unsaturated/α-hetero) is 2. The Morgan fingerprint density at radius 2 is 0.757 bits per heavy atom. The third-order valence-corrected chi connectivity index (χ3v) is 19.2. The standard InChI is InChI=1S/C11H12N2O3.C11H14N2O.C10H10N2O3.2C10H12N2O.2C10H11NO.C10H10O.ClH.H4N2.H3NO/c1-12-10-6-5-9(13(15)16)7-8(10)3-2-4-11(12)14;1-13-10-6-5-9(12)7-8(10)3-2-4-11(13)14;13-10-3-1-2-7-6-8(12(14)15)4-5-9(7)11-10;11-8-3-4-9-7(6-8)2-1-5-12-10(9)13;11-8-4-5-9-7(6-8)2-1-3-10(9)12-13;12-10-7-3-5-8-4-1-2-6-9(8)11-10;11-8-4-5-9-7(6-8)2-1-3-10(9)12;11-10-7-3-5-8-4-1-2-6-9(8)10;;2*1-2/h5-7H,2-4H2,1H3;5-7H,2-4,12H2,1H3;4-6H,1-3H2,(H,11,13);3-4,6H,1-2,5,11H2,(H,12,13);4-6,13H,1-3,11H2;1-2,4,6H,3,5,7H2,(H,11,12);4-6H,1-3,11H2;1-2,4,6H,3,5,7H2;1H;1-2H2;2H,1H2/b;;;;12-10+;;;;;;. The zero-order valence-corrected chi connectivity index (χ0v) is 63.4. The molecule has 8 aromatic carbocycles. The molecule has 0 aromatic heterocycles. The van der Waals surface area contributed by atoms with E-state index in [-0.39, 0.29) is 59.1 Å². The van der Waals surface area contributed by atoms with Gasteiger partial charge in [-0.15, -0.1) is 12.4 Å². The van der Waals surface area contributed by atoms with Gasteiger partial charge in [-0.3, -0.25) is 65.5 Å². The van der Waals surface area contributed by atoms with Crippen LogP contribution in [0.25, 0.3) is 0 Å². The number of anilines is 8. The van der Waals surface area contributed by atoms with Crippen LogP contribution in [0.15, 0.2) is 163 Å². The number of halogens is 1. The van der Waals surface area contributed by atoms with E-state index in [1.807, 2.05) is 104 Å². The van der Waals surface area contributed by atoms with Crippen LogP contribution < -0.4 is 66.3 Å². The van der Waals surface area contributed by atoms with Gasteiger partial charge in [-0.2, -0.15) is 0 Å². The van der Waals surface area contributed by atoms with Gasteiger partial charge in [0.15, 0.2) is 11.6 Å². The largest absolute Gasteiger partial charge is 0.411 e. The number of carbonyl (C=O) groups excluding carboxylic acids is 7. The molecule has 0 spiro atoms. The van der Waals surface area contributed by atoms with Gasteiger partial charge in [0.2, 0.25) is 23.6 Å². The molecule has 111 heavy (non-hydrogen) atoms. The number of hydrogen-bond donors (Lipinski definition) is 12. The molecule has 5 heterocycles. The number of rotatable bonds is 2. The Kier molecular flexibility index (Phi) is 35.3. The molecule has 16 rings (SSSR count). The van der Waals surface area contributed by atoms with Crippen molar-refractivity contribution in [3.8, 4) is 0 Å². The second kappa shape index (κ2) is 44.5. The first-order valence-electron chi connectivity index (χ1n) is 36.6. The van der Waals surface area contributed by atoms with Gasteiger partial charge in [-0.25, -0.2) is 5.90 Å². The molecule has 0 fully saturated rings. The quantitative estimate of drug-likeness (QED) is 0.0251. The number of nitrogens with zero attached hydrogens (tertiary/aromatic N) is 5. The number of nitrogens with one attached hydrogen (secondary N) is 3. The van der Waals surface area contributed by atoms with Gasteiger partial charge in [0.05, 0.1) is 15.6 Å². The van der Waals surface area contributed by atoms with Crippen molar-refractivity contribution in [2.75, 3.05) is 64.0 Å². The van der Waals surface area contributed by atoms with E-state index in [4.69, 9.17) is 33.3 Å². The van der Waals surface area contributed by atoms with Crippen LogP contribution in [0.1, 0.15) is 177 Å². The Balaban J connectivity index is 0.000000197. The molecule has 29 heteroatoms. The highest BCUT2D eigenvalue weighted by Gasteiger charge is 2.24. The number of nitro groups is 2. The molecule has 0 saturated carbocycles. The van der Waals surface area contributed by atoms with E-state index in [1.54, 1.807) is 53.2 Å². The number of nitro benzene ring substituents is 2. The first-order chi connectivity index (χ1) is 53.0. The molecule has 0 bridgehead atoms. The van der Waals surface area contributed by atoms with Crippen molar-refractivity contribution >= 4 is 116 Å². The van der Waals surface area contributed by atoms with E-state index in [1.165, 1.54) is 40.5 Å². The van der Waals surface area contributed by atoms with Gasteiger partial charge in [-0.1, -0.05) is 53.7 Å². The average Bonchev–Trinajstić information content (AvgIpc) is 1.07. The fourth-order valence-corrected chi connectivity index (χ4v) is 13.7. The van der Waals surface area contributed by atoms with Crippen LogP contribution in [0.5, 0.6) is 0 Å². The van der Waals surface area contributed by atoms with Gasteiger partial charge in [0.25, 0.3) is 17.3 Å². The van der Waals surface area contributed by atoms with E-state index in [9.17, 15) is 53.8 Å². The number of non-ortho nitro benzene ring substituents is 2. The van der Waals surface area contributed by atoms with E-state index < -0.39 is 9.85 Å². The molecule has 588 valence electrons. The van der Waals surface area contributed by atoms with Crippen molar-refractivity contribution in [3.63, 3.8) is 0 Å². The second-order valence-electron chi connectivity index (χ2n) is 26.9. The molecule has 19 N–H and O–H groups in total. The number of fused-ring (bicyclic) bond motifs is 8. The summed E-state index contributed by atoms with van der Waals surface area (Å²) in [6.45, 7) is 0.757. The number of benzene rings is 8. The first kappa shape index (κ1) is 88.0. The second-order valence-corrected chi connectivity index (χ2v) is 26.9. The van der Waals surface area contributed by atoms with Crippen LogP contribution in [0.2, 0.25) is 0 Å². The van der Waals surface area contributed by atoms with Crippen LogP contribution in [-0.4, -0.2) is 87.7 Å². The SMILES string of the molecule is CN1C(=O)CCCc2cc(N)ccc21.CN1C(=O)CCCc2cc([N+](=O)[O-])ccc21.Cl.NN.NO.Nc1ccc2c(c1)CCC/C2=N\O.Nc1ccc2c(c1)CCCC2=O.Nc1ccc2c(c1)CCCNC2=O.O=C1CCCc2cc([N+](=O)[O-])ccc2N1.O=C1CCCc2ccccc21.O=C1CCCc2ccccc2N1. The summed E-state index contributed by atoms with van der Waals surface area (Å²) in [4.78, 5) is 103. The zero-order valence-electron chi connectivity index (χ0n) is 62.6. The van der Waals surface area contributed by atoms with Crippen molar-refractivity contribution in [1.82, 2.24) is 5.32 Å². The van der Waals surface area contributed by atoms with Crippen molar-refractivity contribution in [1.29, 1.82) is 0 Å². The summed E-state index contributed by atoms with van der Waals surface area (Å²) in [7, 11) is 3.53. The lowest BCUT2D eigenvalue weighted by molar-refractivity contribution is -0.385. The van der Waals surface area contributed by atoms with Crippen LogP contribution in [0.3, 0.4) is 0 Å². The lowest BCUT2D eigenvalue weighted by Gasteiger charge is -2.17. The Hall–Kier alpha value is -12.0. The Bertz CT molecular complexity index is 4630. The smallest absolute Gasteiger partial charge is 0.269 e. The Morgan fingerprint density at radius 3 is 1.31 bits per heavy atom. The number of ketones is 2. The zero-order chi connectivity index (χ0) is 79.8. The van der Waals surface area contributed by atoms with Crippen molar-refractivity contribution in [2.24, 2.45) is 22.7 Å². The number of oxime groups is 1. The number of hydrazine groups is 1. The van der Waals surface area contributed by atoms with E-state index in [0.29, 0.717) is 56.4 Å². The highest BCUT2D eigenvalue weighted by atomic mass is 35.5. The highest BCUT2D eigenvalue weighted by Crippen LogP contribution is 2.32. The molecule has 0 saturated heterocycles. The summed E-state index contributed by atoms with van der Waals surface area (Å²) >= 11 is 0. The van der Waals surface area contributed by atoms with Crippen molar-refractivity contribution in [3.05, 3.63) is 245 Å². The van der Waals surface area contributed by atoms with Crippen LogP contribution in [0, 0.1) is 20.2 Å². The number of nitrogens with two attached hydrogens (primary N) is 7. The van der Waals surface area contributed by atoms with E-state index in [2.05, 4.69) is 44.8 Å². The first-order valence-corrected chi connectivity index (χ1v) is 36.6. The minimum Gasteiger partial charge on any atom is -0.411 e. The van der Waals surface area contributed by atoms with Gasteiger partial charge in [0.1, 0.15) is 0 Å². The fraction of sp³-hybridized carbons (Fsp3) is 0.317. The summed E-state index contributed by atoms with van der Waals surface area (Å²) in [6, 6.07) is 47.5. The number of nitrogen functional groups attached to an aromatic ring is 4. The molecule has 8 aliphatic rings. The summed E-state index contributed by atoms with van der Waals surface area (Å²) in [5.41, 5.74) is 42.5. The summed E-state index contributed by atoms with van der Waals surface area (Å²) < 4.78 is 0. The lowest BCUT2D eigenvalue weighted by Crippen LogP contribution is -2.24. The van der Waals surface area contributed by atoms with E-state index >= 15 is 0 Å². The number of carbonyl (C=O) groups is 7. The third kappa shape index (κ3) is 25.9. The third-order valence-electron chi connectivity index (χ3n) is 19.2. The van der Waals surface area contributed by atoms with Gasteiger partial charge < -0.3 is 59.1 Å². The monoisotopic (exact) mass is 1540 g/mol. The van der Waals surface area contributed by atoms with Crippen LogP contribution in [-0.2, 0) is 70.5 Å². The fourth-order valence-electron chi connectivity index (χ4n) is 13.7. The van der Waals surface area contributed by atoms with Crippen LogP contribution in [0.4, 0.5) is 56.9 Å². The number of aryl methyl sites for hydroxylation is 8. The van der Waals surface area contributed by atoms with Crippen LogP contribution >= 0.6 is 12.4 Å². The van der Waals surface area contributed by atoms with Crippen molar-refractivity contribution < 1.29 is 53.8 Å². The molecule has 28 nitrogen and oxygen atoms in total. The molecule has 3 aliphatic carbocycles. The Morgan fingerprint density at radius 1 is 0.387 bits per heavy atom. The predicted molar refractivity (Wildman–Crippen MR) is 436 cm³/mol. The molecule has 5 aliphatic heterocycles. The molecule has 5 amide bonds. The maximum absolute atomic E-state index is 11.6. The summed E-state index contributed by atoms with van der Waals surface area (Å²) in [5, 5.41) is 48.2. The molecule has 0 radical (unpaired) electrons. The molecular weight excluding hydrogens is 1440 g/mol. The number of para-hydroxylation sites is 1. The molecule has 8 aromatic rings. The minimum atomic E-state index is -0.424. The highest BCUT2D eigenvalue weighted by molar-refractivity contribution is 6.03. The van der Waals surface area contributed by atoms with Gasteiger partial charge in [-0.05, 0) is 239 Å². The Labute approximate surface area is 651 Å². The number of amides is 5. The summed E-state index contributed by atoms with van der Waals surface area (Å²) in [6.07, 6.45) is 19.3. The maximum Gasteiger partial charge on any atom is 0.269 e. The lowest BCUT2D eigenvalue weighted by atomic mass is 9.90. The molecule has 0 unspecified atom stereocenters. The topological polar surface area (TPSA) is 483 Å². The molecular formula is C82H100ClN15O13. The average molecular weight is 1540 g/mol. The van der Waals surface area contributed by atoms with Crippen molar-refractivity contribution in [2.45, 2.75) is 148 Å². The van der Waals surface area contributed by atoms with E-state index in [0.717, 1.165) is 199 Å². The predicted octanol–water partition coefficient (Wildman–Crippen LogP) is 12.6. The van der Waals surface area contributed by atoms with Gasteiger partial charge in [0, 0.05) is 151 Å². The minimum absolute atomic E-state index is 0. The maximum atomic E-state index is 11.6. The number of hydrogen-bond acceptors (Lipinski definition) is 21. The normalized spacial score (nSPS) is 15.5. The summed E-state index contributed by atoms with van der Waals surface area (Å²) in [5.74, 6) is 12.5.